The molecule has 1 saturated heterocycles. The molecular weight excluding hydrogens is 408 g/mol. The van der Waals surface area contributed by atoms with Crippen molar-refractivity contribution in [2.75, 3.05) is 36.8 Å². The number of hydrogen-bond acceptors (Lipinski definition) is 5. The maximum atomic E-state index is 12.9. The van der Waals surface area contributed by atoms with E-state index in [0.29, 0.717) is 19.5 Å². The van der Waals surface area contributed by atoms with E-state index in [-0.39, 0.29) is 17.5 Å². The summed E-state index contributed by atoms with van der Waals surface area (Å²) in [7, 11) is 0. The fourth-order valence-corrected chi connectivity index (χ4v) is 5.86. The lowest BCUT2D eigenvalue weighted by molar-refractivity contribution is -0.132. The topological polar surface area (TPSA) is 58.4 Å². The predicted octanol–water partition coefficient (Wildman–Crippen LogP) is 2.77. The Morgan fingerprint density at radius 1 is 1.21 bits per heavy atom. The van der Waals surface area contributed by atoms with Gasteiger partial charge in [0, 0.05) is 54.6 Å². The van der Waals surface area contributed by atoms with Gasteiger partial charge in [0.2, 0.25) is 5.91 Å². The van der Waals surface area contributed by atoms with Gasteiger partial charge >= 0.3 is 0 Å². The first-order valence-corrected chi connectivity index (χ1v) is 11.5. The fourth-order valence-electron chi connectivity index (χ4n) is 4.52. The van der Waals surface area contributed by atoms with Gasteiger partial charge in [-0.3, -0.25) is 14.2 Å². The second-order valence-electron chi connectivity index (χ2n) is 7.86. The molecule has 3 heterocycles. The van der Waals surface area contributed by atoms with E-state index in [9.17, 15) is 9.59 Å². The molecule has 152 valence electrons. The summed E-state index contributed by atoms with van der Waals surface area (Å²) >= 11 is 7.71. The highest BCUT2D eigenvalue weighted by molar-refractivity contribution is 7.99. The molecule has 0 unspecified atom stereocenters. The van der Waals surface area contributed by atoms with Gasteiger partial charge < -0.3 is 9.80 Å². The van der Waals surface area contributed by atoms with Crippen molar-refractivity contribution in [1.29, 1.82) is 0 Å². The summed E-state index contributed by atoms with van der Waals surface area (Å²) in [6, 6.07) is 7.75. The van der Waals surface area contributed by atoms with Crippen molar-refractivity contribution in [2.45, 2.75) is 36.9 Å². The minimum absolute atomic E-state index is 0.0797. The molecule has 1 fully saturated rings. The van der Waals surface area contributed by atoms with E-state index in [4.69, 9.17) is 16.6 Å². The van der Waals surface area contributed by atoms with Crippen molar-refractivity contribution in [2.24, 2.45) is 0 Å². The van der Waals surface area contributed by atoms with E-state index in [1.165, 1.54) is 0 Å². The Hall–Kier alpha value is -1.99. The third kappa shape index (κ3) is 3.55. The molecule has 1 aliphatic carbocycles. The van der Waals surface area contributed by atoms with E-state index in [1.807, 2.05) is 29.2 Å². The summed E-state index contributed by atoms with van der Waals surface area (Å²) in [5.74, 6) is 0.876. The van der Waals surface area contributed by atoms with E-state index >= 15 is 0 Å². The average molecular weight is 431 g/mol. The van der Waals surface area contributed by atoms with Gasteiger partial charge in [0.25, 0.3) is 5.56 Å². The van der Waals surface area contributed by atoms with Gasteiger partial charge in [-0.15, -0.1) is 0 Å². The summed E-state index contributed by atoms with van der Waals surface area (Å²) in [4.78, 5) is 34.7. The number of carbonyl (C=O) groups excluding carboxylic acids is 1. The predicted molar refractivity (Wildman–Crippen MR) is 115 cm³/mol. The summed E-state index contributed by atoms with van der Waals surface area (Å²) in [6.07, 6.45) is 3.10. The minimum atomic E-state index is -0.0839. The third-order valence-electron chi connectivity index (χ3n) is 6.09. The molecule has 1 aromatic heterocycles. The Morgan fingerprint density at radius 2 is 2.03 bits per heavy atom. The molecule has 0 saturated carbocycles. The smallest absolute Gasteiger partial charge is 0.257 e. The van der Waals surface area contributed by atoms with E-state index < -0.39 is 0 Å². The van der Waals surface area contributed by atoms with Crippen LogP contribution in [0, 0.1) is 0 Å². The van der Waals surface area contributed by atoms with Crippen LogP contribution in [-0.4, -0.2) is 52.3 Å². The SMILES string of the molecule is O=C(C[C@@H]1CSc2nc3c(c(=O)n21)CCC3)N1CCN(c2cccc(Cl)c2)CC1. The van der Waals surface area contributed by atoms with Gasteiger partial charge in [-0.05, 0) is 37.5 Å². The monoisotopic (exact) mass is 430 g/mol. The van der Waals surface area contributed by atoms with Crippen molar-refractivity contribution in [3.05, 3.63) is 50.9 Å². The van der Waals surface area contributed by atoms with E-state index in [0.717, 1.165) is 65.2 Å². The Labute approximate surface area is 178 Å². The van der Waals surface area contributed by atoms with Crippen LogP contribution < -0.4 is 10.5 Å². The Morgan fingerprint density at radius 3 is 2.83 bits per heavy atom. The van der Waals surface area contributed by atoms with Gasteiger partial charge in [-0.1, -0.05) is 29.4 Å². The van der Waals surface area contributed by atoms with Crippen molar-refractivity contribution < 1.29 is 4.79 Å². The van der Waals surface area contributed by atoms with E-state index in [1.54, 1.807) is 16.3 Å². The first-order chi connectivity index (χ1) is 14.1. The summed E-state index contributed by atoms with van der Waals surface area (Å²) in [5.41, 5.74) is 3.01. The van der Waals surface area contributed by atoms with Gasteiger partial charge in [-0.2, -0.15) is 0 Å². The molecule has 2 aliphatic heterocycles. The quantitative estimate of drug-likeness (QED) is 0.701. The second kappa shape index (κ2) is 7.69. The highest BCUT2D eigenvalue weighted by Crippen LogP contribution is 2.34. The molecule has 5 rings (SSSR count). The Balaban J connectivity index is 1.25. The molecular formula is C21H23ClN4O2S. The van der Waals surface area contributed by atoms with Crippen molar-refractivity contribution in [3.63, 3.8) is 0 Å². The zero-order valence-electron chi connectivity index (χ0n) is 16.1. The first kappa shape index (κ1) is 19.0. The number of carbonyl (C=O) groups is 1. The molecule has 0 spiro atoms. The molecule has 1 aromatic carbocycles. The number of halogens is 1. The third-order valence-corrected chi connectivity index (χ3v) is 7.42. The van der Waals surface area contributed by atoms with Crippen LogP contribution in [0.4, 0.5) is 5.69 Å². The number of rotatable bonds is 3. The molecule has 29 heavy (non-hydrogen) atoms. The lowest BCUT2D eigenvalue weighted by atomic mass is 10.1. The van der Waals surface area contributed by atoms with Crippen LogP contribution in [0.3, 0.4) is 0 Å². The highest BCUT2D eigenvalue weighted by atomic mass is 35.5. The highest BCUT2D eigenvalue weighted by Gasteiger charge is 2.32. The van der Waals surface area contributed by atoms with E-state index in [2.05, 4.69) is 4.90 Å². The van der Waals surface area contributed by atoms with Crippen LogP contribution >= 0.6 is 23.4 Å². The number of thioether (sulfide) groups is 1. The molecule has 1 atom stereocenters. The van der Waals surface area contributed by atoms with Gasteiger partial charge in [0.05, 0.1) is 11.7 Å². The summed E-state index contributed by atoms with van der Waals surface area (Å²) in [5, 5.41) is 1.52. The molecule has 6 nitrogen and oxygen atoms in total. The lowest BCUT2D eigenvalue weighted by Gasteiger charge is -2.36. The maximum Gasteiger partial charge on any atom is 0.257 e. The minimum Gasteiger partial charge on any atom is -0.368 e. The lowest BCUT2D eigenvalue weighted by Crippen LogP contribution is -2.49. The summed E-state index contributed by atoms with van der Waals surface area (Å²) in [6.45, 7) is 2.96. The number of hydrogen-bond donors (Lipinski definition) is 0. The number of fused-ring (bicyclic) bond motifs is 2. The number of benzene rings is 1. The zero-order chi connectivity index (χ0) is 20.0. The Kier molecular flexibility index (Phi) is 5.04. The van der Waals surface area contributed by atoms with Crippen molar-refractivity contribution >= 4 is 35.0 Å². The second-order valence-corrected chi connectivity index (χ2v) is 9.29. The van der Waals surface area contributed by atoms with Gasteiger partial charge in [0.15, 0.2) is 5.16 Å². The largest absolute Gasteiger partial charge is 0.368 e. The number of piperazine rings is 1. The maximum absolute atomic E-state index is 12.9. The first-order valence-electron chi connectivity index (χ1n) is 10.2. The molecule has 1 amide bonds. The standard InChI is InChI=1S/C21H23ClN4O2S/c22-14-3-1-4-15(11-14)24-7-9-25(10-8-24)19(27)12-16-13-29-21-23-18-6-2-5-17(18)20(28)26(16)21/h1,3-4,11,16H,2,5-10,12-13H2/t16-/m1/s1. The van der Waals surface area contributed by atoms with Crippen LogP contribution in [0.2, 0.25) is 5.02 Å². The van der Waals surface area contributed by atoms with Gasteiger partial charge in [0.1, 0.15) is 0 Å². The van der Waals surface area contributed by atoms with Crippen LogP contribution in [0.25, 0.3) is 0 Å². The number of aryl methyl sites for hydroxylation is 1. The number of amides is 1. The zero-order valence-corrected chi connectivity index (χ0v) is 17.7. The molecule has 0 radical (unpaired) electrons. The Bertz CT molecular complexity index is 1020. The average Bonchev–Trinajstić information content (AvgIpc) is 3.36. The molecule has 2 aromatic rings. The molecule has 0 bridgehead atoms. The van der Waals surface area contributed by atoms with Gasteiger partial charge in [-0.25, -0.2) is 4.98 Å². The number of nitrogens with zero attached hydrogens (tertiary/aromatic N) is 4. The number of anilines is 1. The van der Waals surface area contributed by atoms with Crippen LogP contribution in [0.1, 0.15) is 30.1 Å². The van der Waals surface area contributed by atoms with Crippen LogP contribution in [-0.2, 0) is 17.6 Å². The van der Waals surface area contributed by atoms with Crippen molar-refractivity contribution in [1.82, 2.24) is 14.5 Å². The van der Waals surface area contributed by atoms with Crippen LogP contribution in [0.5, 0.6) is 0 Å². The molecule has 8 heteroatoms. The van der Waals surface area contributed by atoms with Crippen LogP contribution in [0.15, 0.2) is 34.2 Å². The van der Waals surface area contributed by atoms with Crippen molar-refractivity contribution in [3.8, 4) is 0 Å². The molecule has 0 N–H and O–H groups in total. The normalized spacial score (nSPS) is 20.7. The fraction of sp³-hybridized carbons (Fsp3) is 0.476. The number of aromatic nitrogens is 2. The summed E-state index contributed by atoms with van der Waals surface area (Å²) < 4.78 is 1.79. The molecule has 3 aliphatic rings.